The summed E-state index contributed by atoms with van der Waals surface area (Å²) in [4.78, 5) is 0. The van der Waals surface area contributed by atoms with E-state index in [9.17, 15) is 10.2 Å². The van der Waals surface area contributed by atoms with Gasteiger partial charge < -0.3 is 10.2 Å². The van der Waals surface area contributed by atoms with Crippen molar-refractivity contribution in [3.05, 3.63) is 128 Å². The fourth-order valence-corrected chi connectivity index (χ4v) is 12.8. The standard InChI is InChI=1S/C30H38Si.2C11H16O.Zr/c1-17(2)23-11-19(5)27-25(15-23)13-21(7)29(27)31(9,10)30-22(8)14-26-16-24(18(3)4)12-20(6)28(26)30;2*1-8-5-6-10(12)9(7-8)11(2,3)4;/h11-18H,1-10H3;2*5-7,12H,1-4H3;/q-2;;;+2. The van der Waals surface area contributed by atoms with Gasteiger partial charge in [-0.1, -0.05) is 166 Å². The molecule has 0 aliphatic heterocycles. The third-order valence-corrected chi connectivity index (χ3v) is 15.1. The van der Waals surface area contributed by atoms with Crippen LogP contribution in [0.3, 0.4) is 0 Å². The van der Waals surface area contributed by atoms with E-state index in [2.05, 4.69) is 146 Å². The van der Waals surface area contributed by atoms with Gasteiger partial charge in [-0.05, 0) is 73.6 Å². The van der Waals surface area contributed by atoms with Gasteiger partial charge in [0.25, 0.3) is 0 Å². The second-order valence-electron chi connectivity index (χ2n) is 19.5. The fourth-order valence-electron chi connectivity index (χ4n) is 8.51. The number of phenols is 2. The number of aryl methyl sites for hydroxylation is 6. The number of hydrogen-bond donors (Lipinski definition) is 2. The van der Waals surface area contributed by atoms with Gasteiger partial charge in [0.05, 0.1) is 0 Å². The van der Waals surface area contributed by atoms with E-state index in [1.165, 1.54) is 66.1 Å². The Hall–Kier alpha value is -3.20. The Labute approximate surface area is 360 Å². The minimum atomic E-state index is -1.92. The average Bonchev–Trinajstić information content (AvgIpc) is 3.59. The molecule has 6 aromatic carbocycles. The van der Waals surface area contributed by atoms with Crippen molar-refractivity contribution in [2.75, 3.05) is 0 Å². The molecule has 0 saturated carbocycles. The van der Waals surface area contributed by atoms with E-state index >= 15 is 0 Å². The minimum Gasteiger partial charge on any atom is -0.508 e. The maximum Gasteiger partial charge on any atom is 2.00 e. The van der Waals surface area contributed by atoms with Gasteiger partial charge in [-0.2, -0.15) is 10.4 Å². The van der Waals surface area contributed by atoms with Crippen LogP contribution in [0.1, 0.15) is 137 Å². The molecule has 6 rings (SSSR count). The van der Waals surface area contributed by atoms with Gasteiger partial charge in [0.15, 0.2) is 0 Å². The Balaban J connectivity index is 0.000000276. The van der Waals surface area contributed by atoms with Gasteiger partial charge in [-0.3, -0.25) is 0 Å². The predicted molar refractivity (Wildman–Crippen MR) is 246 cm³/mol. The maximum absolute atomic E-state index is 9.57. The first kappa shape index (κ1) is 47.2. The van der Waals surface area contributed by atoms with E-state index in [-0.39, 0.29) is 37.0 Å². The first-order valence-electron chi connectivity index (χ1n) is 20.3. The largest absolute Gasteiger partial charge is 2.00 e. The topological polar surface area (TPSA) is 40.5 Å². The Morgan fingerprint density at radius 2 is 0.839 bits per heavy atom. The number of aromatic hydroxyl groups is 2. The van der Waals surface area contributed by atoms with Crippen molar-refractivity contribution in [1.29, 1.82) is 0 Å². The van der Waals surface area contributed by atoms with E-state index in [0.29, 0.717) is 23.3 Å². The second kappa shape index (κ2) is 17.7. The molecule has 0 fully saturated rings. The van der Waals surface area contributed by atoms with E-state index in [1.54, 1.807) is 22.5 Å². The molecule has 298 valence electrons. The van der Waals surface area contributed by atoms with Gasteiger partial charge in [0, 0.05) is 8.07 Å². The predicted octanol–water partition coefficient (Wildman–Crippen LogP) is 13.7. The molecule has 0 atom stereocenters. The van der Waals surface area contributed by atoms with Gasteiger partial charge in [-0.25, -0.2) is 0 Å². The Bertz CT molecular complexity index is 2140. The summed E-state index contributed by atoms with van der Waals surface area (Å²) in [5.41, 5.74) is 13.2. The molecule has 0 aromatic heterocycles. The monoisotopic (exact) mass is 844 g/mol. The molecule has 2 nitrogen and oxygen atoms in total. The molecule has 0 saturated heterocycles. The van der Waals surface area contributed by atoms with E-state index in [1.807, 2.05) is 38.1 Å². The summed E-state index contributed by atoms with van der Waals surface area (Å²) in [6.45, 7) is 40.3. The SMILES string of the molecule is Cc1[cH-]c2cc(C(C)C)cc(C)c2c1[Si](C)(C)c1c(C)[cH-]c2cc(C(C)C)cc(C)c12.Cc1ccc(O)c(C(C)(C)C)c1.Cc1ccc(O)c(C(C)(C)C)c1.[Zr+2]. The van der Waals surface area contributed by atoms with Crippen molar-refractivity contribution in [2.45, 2.75) is 147 Å². The molecule has 0 spiro atoms. The van der Waals surface area contributed by atoms with Gasteiger partial charge in [0.1, 0.15) is 11.5 Å². The van der Waals surface area contributed by atoms with Gasteiger partial charge in [-0.15, -0.1) is 56.9 Å². The third kappa shape index (κ3) is 10.3. The molecule has 56 heavy (non-hydrogen) atoms. The van der Waals surface area contributed by atoms with Crippen molar-refractivity contribution < 1.29 is 36.4 Å². The van der Waals surface area contributed by atoms with Crippen LogP contribution in [0.2, 0.25) is 13.1 Å². The van der Waals surface area contributed by atoms with Crippen molar-refractivity contribution in [1.82, 2.24) is 0 Å². The number of hydrogen-bond acceptors (Lipinski definition) is 2. The summed E-state index contributed by atoms with van der Waals surface area (Å²) in [7, 11) is -1.92. The molecule has 0 heterocycles. The molecular weight excluding hydrogens is 776 g/mol. The van der Waals surface area contributed by atoms with Crippen molar-refractivity contribution in [3.63, 3.8) is 0 Å². The second-order valence-corrected chi connectivity index (χ2v) is 23.7. The maximum atomic E-state index is 9.57. The zero-order chi connectivity index (χ0) is 41.5. The first-order valence-corrected chi connectivity index (χ1v) is 23.3. The molecule has 0 aliphatic rings. The summed E-state index contributed by atoms with van der Waals surface area (Å²) in [5, 5.41) is 28.3. The Morgan fingerprint density at radius 3 is 1.11 bits per heavy atom. The summed E-state index contributed by atoms with van der Waals surface area (Å²) >= 11 is 0. The van der Waals surface area contributed by atoms with Crippen molar-refractivity contribution >= 4 is 40.0 Å². The van der Waals surface area contributed by atoms with E-state index < -0.39 is 8.07 Å². The quantitative estimate of drug-likeness (QED) is 0.137. The number of fused-ring (bicyclic) bond motifs is 2. The molecule has 4 heteroatoms. The van der Waals surface area contributed by atoms with Crippen molar-refractivity contribution in [2.24, 2.45) is 0 Å². The molecule has 0 bridgehead atoms. The van der Waals surface area contributed by atoms with E-state index in [4.69, 9.17) is 0 Å². The average molecular weight is 846 g/mol. The Kier molecular flexibility index (Phi) is 14.9. The van der Waals surface area contributed by atoms with Crippen LogP contribution in [0.25, 0.3) is 21.5 Å². The van der Waals surface area contributed by atoms with E-state index in [0.717, 1.165) is 11.1 Å². The fraction of sp³-hybridized carbons (Fsp3) is 0.423. The smallest absolute Gasteiger partial charge is 0.508 e. The summed E-state index contributed by atoms with van der Waals surface area (Å²) in [6.07, 6.45) is 0. The molecule has 0 unspecified atom stereocenters. The molecule has 6 aromatic rings. The Morgan fingerprint density at radius 1 is 0.518 bits per heavy atom. The van der Waals surface area contributed by atoms with Crippen LogP contribution < -0.4 is 10.4 Å². The molecule has 0 radical (unpaired) electrons. The van der Waals surface area contributed by atoms with Crippen LogP contribution in [0.15, 0.2) is 72.8 Å². The molecule has 2 N–H and O–H groups in total. The zero-order valence-electron chi connectivity index (χ0n) is 38.0. The minimum absolute atomic E-state index is 0. The molecule has 0 amide bonds. The summed E-state index contributed by atoms with van der Waals surface area (Å²) < 4.78 is 0. The van der Waals surface area contributed by atoms with Crippen molar-refractivity contribution in [3.8, 4) is 11.5 Å². The van der Waals surface area contributed by atoms with Crippen LogP contribution in [-0.4, -0.2) is 18.3 Å². The zero-order valence-corrected chi connectivity index (χ0v) is 41.4. The van der Waals surface area contributed by atoms with Crippen LogP contribution in [-0.2, 0) is 37.0 Å². The number of benzene rings is 4. The third-order valence-electron chi connectivity index (χ3n) is 11.3. The van der Waals surface area contributed by atoms with Gasteiger partial charge in [0.2, 0.25) is 0 Å². The van der Waals surface area contributed by atoms with Crippen LogP contribution in [0.4, 0.5) is 0 Å². The van der Waals surface area contributed by atoms with Gasteiger partial charge >= 0.3 is 26.2 Å². The summed E-state index contributed by atoms with van der Waals surface area (Å²) in [5.74, 6) is 1.92. The summed E-state index contributed by atoms with van der Waals surface area (Å²) in [6, 6.07) is 26.1. The molecule has 0 aliphatic carbocycles. The normalized spacial score (nSPS) is 12.1. The van der Waals surface area contributed by atoms with Crippen LogP contribution in [0, 0.1) is 41.5 Å². The molecular formula is C52H70O2SiZr. The number of phenolic OH excluding ortho intramolecular Hbond substituents is 2. The first-order chi connectivity index (χ1) is 25.2. The number of rotatable bonds is 4. The van der Waals surface area contributed by atoms with Crippen LogP contribution >= 0.6 is 0 Å². The van der Waals surface area contributed by atoms with Crippen LogP contribution in [0.5, 0.6) is 11.5 Å².